The molecule has 3 saturated heterocycles. The summed E-state index contributed by atoms with van der Waals surface area (Å²) in [7, 11) is 0. The van der Waals surface area contributed by atoms with E-state index in [4.69, 9.17) is 9.47 Å². The van der Waals surface area contributed by atoms with Gasteiger partial charge in [0.15, 0.2) is 0 Å². The van der Waals surface area contributed by atoms with Gasteiger partial charge in [-0.2, -0.15) is 0 Å². The summed E-state index contributed by atoms with van der Waals surface area (Å²) >= 11 is 0. The Morgan fingerprint density at radius 2 is 1.95 bits per heavy atom. The molecular formula is C16H19NO4. The second-order valence-electron chi connectivity index (χ2n) is 6.12. The summed E-state index contributed by atoms with van der Waals surface area (Å²) in [5.74, 6) is -0.922. The Hall–Kier alpha value is -1.43. The Labute approximate surface area is 123 Å². The van der Waals surface area contributed by atoms with Crippen molar-refractivity contribution in [1.82, 2.24) is 5.32 Å². The zero-order chi connectivity index (χ0) is 14.4. The van der Waals surface area contributed by atoms with Crippen LogP contribution in [-0.2, 0) is 14.3 Å². The first-order valence-corrected chi connectivity index (χ1v) is 7.54. The van der Waals surface area contributed by atoms with Crippen molar-refractivity contribution in [2.75, 3.05) is 6.61 Å². The first kappa shape index (κ1) is 13.2. The standard InChI is InChI=1S/C16H19NO4/c18-8-11(9-4-2-1-3-5-9)16(19)20-10-6-12-14-15(21-14)13(7-10)17-12/h1-5,10-15,17-18H,6-8H2/t10?,11-,12-,13+,14+,15+/m1/s1. The SMILES string of the molecule is O=C(OC1C[C@@H]2N[C@H](C1)[C@@H]1O[C@H]12)[C@H](CO)c1ccccc1. The number of rotatable bonds is 4. The molecule has 21 heavy (non-hydrogen) atoms. The molecule has 3 aliphatic heterocycles. The lowest BCUT2D eigenvalue weighted by Crippen LogP contribution is -2.47. The molecule has 6 atom stereocenters. The van der Waals surface area contributed by atoms with Gasteiger partial charge in [-0.3, -0.25) is 4.79 Å². The summed E-state index contributed by atoms with van der Waals surface area (Å²) in [5.41, 5.74) is 0.799. The molecule has 4 rings (SSSR count). The molecule has 0 radical (unpaired) electrons. The third kappa shape index (κ3) is 2.35. The monoisotopic (exact) mass is 289 g/mol. The third-order valence-electron chi connectivity index (χ3n) is 4.77. The molecule has 5 nitrogen and oxygen atoms in total. The average Bonchev–Trinajstić information content (AvgIpc) is 3.25. The Morgan fingerprint density at radius 3 is 2.57 bits per heavy atom. The van der Waals surface area contributed by atoms with Gasteiger partial charge in [0.05, 0.1) is 6.61 Å². The first-order valence-electron chi connectivity index (χ1n) is 7.54. The number of carbonyl (C=O) groups is 1. The topological polar surface area (TPSA) is 71.1 Å². The van der Waals surface area contributed by atoms with Gasteiger partial charge in [0, 0.05) is 24.9 Å². The van der Waals surface area contributed by atoms with Gasteiger partial charge in [0.25, 0.3) is 0 Å². The van der Waals surface area contributed by atoms with Gasteiger partial charge in [0.2, 0.25) is 0 Å². The summed E-state index contributed by atoms with van der Waals surface area (Å²) < 4.78 is 11.2. The molecule has 0 saturated carbocycles. The highest BCUT2D eigenvalue weighted by Crippen LogP contribution is 2.42. The summed E-state index contributed by atoms with van der Waals surface area (Å²) in [6.45, 7) is -0.227. The molecule has 3 aliphatic rings. The highest BCUT2D eigenvalue weighted by Gasteiger charge is 2.59. The number of morpholine rings is 1. The zero-order valence-corrected chi connectivity index (χ0v) is 11.6. The maximum absolute atomic E-state index is 12.3. The van der Waals surface area contributed by atoms with Crippen molar-refractivity contribution in [3.05, 3.63) is 35.9 Å². The average molecular weight is 289 g/mol. The normalized spacial score (nSPS) is 37.7. The van der Waals surface area contributed by atoms with E-state index in [-0.39, 0.29) is 18.7 Å². The lowest BCUT2D eigenvalue weighted by molar-refractivity contribution is -0.154. The van der Waals surface area contributed by atoms with Crippen molar-refractivity contribution in [2.45, 2.75) is 49.2 Å². The molecule has 1 aromatic carbocycles. The molecule has 112 valence electrons. The molecule has 1 aromatic rings. The predicted octanol–water partition coefficient (Wildman–Crippen LogP) is 0.576. The fourth-order valence-corrected chi connectivity index (χ4v) is 3.66. The number of piperidine rings is 1. The van der Waals surface area contributed by atoms with Crippen LogP contribution in [0.15, 0.2) is 30.3 Å². The minimum atomic E-state index is -0.593. The molecule has 2 bridgehead atoms. The molecule has 0 spiro atoms. The zero-order valence-electron chi connectivity index (χ0n) is 11.6. The highest BCUT2D eigenvalue weighted by molar-refractivity contribution is 5.78. The lowest BCUT2D eigenvalue weighted by Gasteiger charge is -2.31. The van der Waals surface area contributed by atoms with E-state index >= 15 is 0 Å². The van der Waals surface area contributed by atoms with Crippen LogP contribution in [0.3, 0.4) is 0 Å². The van der Waals surface area contributed by atoms with E-state index in [2.05, 4.69) is 5.32 Å². The number of epoxide rings is 1. The van der Waals surface area contributed by atoms with Gasteiger partial charge in [-0.05, 0) is 5.56 Å². The van der Waals surface area contributed by atoms with Crippen LogP contribution in [0.5, 0.6) is 0 Å². The molecule has 5 heteroatoms. The molecule has 0 aromatic heterocycles. The van der Waals surface area contributed by atoms with Crippen LogP contribution in [0.4, 0.5) is 0 Å². The number of aliphatic hydroxyl groups excluding tert-OH is 1. The second-order valence-corrected chi connectivity index (χ2v) is 6.12. The Kier molecular flexibility index (Phi) is 3.21. The number of esters is 1. The maximum atomic E-state index is 12.3. The van der Waals surface area contributed by atoms with E-state index in [0.29, 0.717) is 24.3 Å². The Balaban J connectivity index is 1.41. The maximum Gasteiger partial charge on any atom is 0.316 e. The van der Waals surface area contributed by atoms with Gasteiger partial charge in [-0.1, -0.05) is 30.3 Å². The fraction of sp³-hybridized carbons (Fsp3) is 0.562. The number of hydrogen-bond acceptors (Lipinski definition) is 5. The Morgan fingerprint density at radius 1 is 1.29 bits per heavy atom. The molecule has 3 fully saturated rings. The number of aliphatic hydroxyl groups is 1. The van der Waals surface area contributed by atoms with E-state index in [1.165, 1.54) is 0 Å². The van der Waals surface area contributed by atoms with E-state index in [9.17, 15) is 9.90 Å². The van der Waals surface area contributed by atoms with Crippen molar-refractivity contribution >= 4 is 5.97 Å². The number of hydrogen-bond donors (Lipinski definition) is 2. The van der Waals surface area contributed by atoms with Gasteiger partial charge >= 0.3 is 5.97 Å². The highest BCUT2D eigenvalue weighted by atomic mass is 16.6. The molecule has 0 aliphatic carbocycles. The predicted molar refractivity (Wildman–Crippen MR) is 74.8 cm³/mol. The summed E-state index contributed by atoms with van der Waals surface area (Å²) in [6.07, 6.45) is 2.18. The van der Waals surface area contributed by atoms with Crippen LogP contribution >= 0.6 is 0 Å². The van der Waals surface area contributed by atoms with Crippen LogP contribution in [0, 0.1) is 0 Å². The second kappa shape index (κ2) is 5.09. The van der Waals surface area contributed by atoms with Gasteiger partial charge < -0.3 is 19.9 Å². The van der Waals surface area contributed by atoms with E-state index in [1.807, 2.05) is 30.3 Å². The van der Waals surface area contributed by atoms with Crippen LogP contribution in [-0.4, -0.2) is 48.1 Å². The smallest absolute Gasteiger partial charge is 0.316 e. The van der Waals surface area contributed by atoms with Gasteiger partial charge in [0.1, 0.15) is 24.2 Å². The molecule has 1 unspecified atom stereocenters. The summed E-state index contributed by atoms with van der Waals surface area (Å²) in [6, 6.07) is 9.93. The van der Waals surface area contributed by atoms with Crippen LogP contribution in [0.1, 0.15) is 24.3 Å². The van der Waals surface area contributed by atoms with Crippen LogP contribution in [0.2, 0.25) is 0 Å². The number of ether oxygens (including phenoxy) is 2. The van der Waals surface area contributed by atoms with Crippen molar-refractivity contribution in [3.8, 4) is 0 Å². The van der Waals surface area contributed by atoms with E-state index in [1.54, 1.807) is 0 Å². The largest absolute Gasteiger partial charge is 0.462 e. The van der Waals surface area contributed by atoms with Gasteiger partial charge in [-0.25, -0.2) is 0 Å². The third-order valence-corrected chi connectivity index (χ3v) is 4.77. The molecular weight excluding hydrogens is 270 g/mol. The molecule has 3 heterocycles. The quantitative estimate of drug-likeness (QED) is 0.626. The van der Waals surface area contributed by atoms with Crippen molar-refractivity contribution in [3.63, 3.8) is 0 Å². The number of carbonyl (C=O) groups excluding carboxylic acids is 1. The van der Waals surface area contributed by atoms with Gasteiger partial charge in [-0.15, -0.1) is 0 Å². The summed E-state index contributed by atoms with van der Waals surface area (Å²) in [4.78, 5) is 12.3. The first-order chi connectivity index (χ1) is 10.3. The van der Waals surface area contributed by atoms with E-state index in [0.717, 1.165) is 18.4 Å². The molecule has 2 N–H and O–H groups in total. The number of nitrogens with one attached hydrogen (secondary N) is 1. The lowest BCUT2D eigenvalue weighted by atomic mass is 9.98. The minimum absolute atomic E-state index is 0.0667. The summed E-state index contributed by atoms with van der Waals surface area (Å²) in [5, 5.41) is 13.0. The van der Waals surface area contributed by atoms with Crippen molar-refractivity contribution in [1.29, 1.82) is 0 Å². The fourth-order valence-electron chi connectivity index (χ4n) is 3.66. The van der Waals surface area contributed by atoms with Crippen LogP contribution in [0.25, 0.3) is 0 Å². The van der Waals surface area contributed by atoms with Crippen LogP contribution < -0.4 is 5.32 Å². The number of fused-ring (bicyclic) bond motifs is 5. The van der Waals surface area contributed by atoms with Crippen molar-refractivity contribution in [2.24, 2.45) is 0 Å². The Bertz CT molecular complexity index is 518. The van der Waals surface area contributed by atoms with Crippen molar-refractivity contribution < 1.29 is 19.4 Å². The molecule has 0 amide bonds. The number of benzene rings is 1. The minimum Gasteiger partial charge on any atom is -0.462 e. The van der Waals surface area contributed by atoms with E-state index < -0.39 is 5.92 Å².